The van der Waals surface area contributed by atoms with E-state index in [0.717, 1.165) is 5.56 Å². The van der Waals surface area contributed by atoms with Gasteiger partial charge in [-0.25, -0.2) is 0 Å². The van der Waals surface area contributed by atoms with Crippen molar-refractivity contribution in [3.05, 3.63) is 35.9 Å². The molecule has 0 saturated carbocycles. The summed E-state index contributed by atoms with van der Waals surface area (Å²) in [6.45, 7) is 0. The van der Waals surface area contributed by atoms with Gasteiger partial charge in [0.2, 0.25) is 0 Å². The third kappa shape index (κ3) is 3.05. The number of hydrogen-bond donors (Lipinski definition) is 2. The molecule has 1 nitrogen and oxygen atoms in total. The van der Waals surface area contributed by atoms with Crippen molar-refractivity contribution in [2.75, 3.05) is 0 Å². The molecule has 0 bridgehead atoms. The van der Waals surface area contributed by atoms with Crippen LogP contribution in [-0.2, 0) is 6.42 Å². The molecular weight excluding hydrogens is 192 g/mol. The lowest BCUT2D eigenvalue weighted by atomic mass is 10.1. The number of halogens is 1. The minimum atomic E-state index is -0.758. The SMILES string of the molecule is OC(S)C(Cl)Cc1ccccc1. The molecule has 0 fully saturated rings. The Hall–Kier alpha value is -0.180. The molecule has 0 spiro atoms. The summed E-state index contributed by atoms with van der Waals surface area (Å²) in [4.78, 5) is 0. The molecular formula is C9H11ClOS. The molecule has 1 rings (SSSR count). The Morgan fingerprint density at radius 1 is 1.33 bits per heavy atom. The molecule has 0 aliphatic rings. The summed E-state index contributed by atoms with van der Waals surface area (Å²) in [5.41, 5.74) is 0.359. The van der Waals surface area contributed by atoms with Gasteiger partial charge in [-0.3, -0.25) is 0 Å². The Kier molecular flexibility index (Phi) is 3.92. The number of rotatable bonds is 3. The number of alkyl halides is 1. The number of thiol groups is 1. The van der Waals surface area contributed by atoms with E-state index in [9.17, 15) is 0 Å². The molecule has 0 aliphatic heterocycles. The lowest BCUT2D eigenvalue weighted by Gasteiger charge is -2.10. The second-order valence-corrected chi connectivity index (χ2v) is 3.71. The molecule has 3 heteroatoms. The van der Waals surface area contributed by atoms with Crippen LogP contribution < -0.4 is 0 Å². The van der Waals surface area contributed by atoms with Crippen molar-refractivity contribution in [2.45, 2.75) is 17.2 Å². The van der Waals surface area contributed by atoms with Crippen molar-refractivity contribution in [3.63, 3.8) is 0 Å². The summed E-state index contributed by atoms with van der Waals surface area (Å²) in [5, 5.41) is 8.69. The highest BCUT2D eigenvalue weighted by molar-refractivity contribution is 7.80. The summed E-state index contributed by atoms with van der Waals surface area (Å²) in [6, 6.07) is 9.80. The van der Waals surface area contributed by atoms with Crippen molar-refractivity contribution in [3.8, 4) is 0 Å². The third-order valence-corrected chi connectivity index (χ3v) is 2.53. The Bertz CT molecular complexity index is 225. The average Bonchev–Trinajstić information content (AvgIpc) is 2.06. The molecule has 1 aromatic carbocycles. The van der Waals surface area contributed by atoms with E-state index in [4.69, 9.17) is 16.7 Å². The fourth-order valence-electron chi connectivity index (χ4n) is 0.945. The van der Waals surface area contributed by atoms with Crippen LogP contribution in [0.5, 0.6) is 0 Å². The number of hydrogen-bond acceptors (Lipinski definition) is 2. The minimum Gasteiger partial charge on any atom is -0.381 e. The summed E-state index contributed by atoms with van der Waals surface area (Å²) < 4.78 is 0. The van der Waals surface area contributed by atoms with E-state index in [1.54, 1.807) is 0 Å². The Labute approximate surface area is 82.8 Å². The first-order chi connectivity index (χ1) is 5.70. The quantitative estimate of drug-likeness (QED) is 0.437. The predicted octanol–water partition coefficient (Wildman–Crippen LogP) is 2.08. The van der Waals surface area contributed by atoms with Crippen LogP contribution in [0.25, 0.3) is 0 Å². The van der Waals surface area contributed by atoms with E-state index in [-0.39, 0.29) is 5.38 Å². The molecule has 2 atom stereocenters. The van der Waals surface area contributed by atoms with E-state index in [1.165, 1.54) is 0 Å². The zero-order chi connectivity index (χ0) is 8.97. The zero-order valence-corrected chi connectivity index (χ0v) is 8.17. The highest BCUT2D eigenvalue weighted by Gasteiger charge is 2.11. The maximum absolute atomic E-state index is 9.01. The van der Waals surface area contributed by atoms with Gasteiger partial charge in [-0.2, -0.15) is 0 Å². The molecule has 66 valence electrons. The van der Waals surface area contributed by atoms with Crippen LogP contribution in [0, 0.1) is 0 Å². The second kappa shape index (κ2) is 4.75. The Balaban J connectivity index is 2.53. The van der Waals surface area contributed by atoms with E-state index >= 15 is 0 Å². The van der Waals surface area contributed by atoms with Gasteiger partial charge in [0.25, 0.3) is 0 Å². The molecule has 1 aromatic rings. The van der Waals surface area contributed by atoms with Gasteiger partial charge in [0.1, 0.15) is 5.44 Å². The summed E-state index contributed by atoms with van der Waals surface area (Å²) in [6.07, 6.45) is 0.646. The highest BCUT2D eigenvalue weighted by atomic mass is 35.5. The first kappa shape index (κ1) is 9.90. The van der Waals surface area contributed by atoms with Crippen LogP contribution in [0.4, 0.5) is 0 Å². The van der Waals surface area contributed by atoms with Gasteiger partial charge in [0.05, 0.1) is 5.38 Å². The first-order valence-corrected chi connectivity index (χ1v) is 4.69. The van der Waals surface area contributed by atoms with Gasteiger partial charge < -0.3 is 5.11 Å². The van der Waals surface area contributed by atoms with Gasteiger partial charge in [-0.05, 0) is 12.0 Å². The van der Waals surface area contributed by atoms with Crippen molar-refractivity contribution >= 4 is 24.2 Å². The van der Waals surface area contributed by atoms with Gasteiger partial charge in [-0.15, -0.1) is 24.2 Å². The van der Waals surface area contributed by atoms with Crippen molar-refractivity contribution in [1.29, 1.82) is 0 Å². The zero-order valence-electron chi connectivity index (χ0n) is 6.52. The minimum absolute atomic E-state index is 0.323. The third-order valence-electron chi connectivity index (χ3n) is 1.60. The maximum Gasteiger partial charge on any atom is 0.113 e. The second-order valence-electron chi connectivity index (χ2n) is 2.62. The standard InChI is InChI=1S/C9H11ClOS/c10-8(9(11)12)6-7-4-2-1-3-5-7/h1-5,8-9,11-12H,6H2. The summed E-state index contributed by atoms with van der Waals surface area (Å²) >= 11 is 9.67. The number of aliphatic hydroxyl groups excluding tert-OH is 1. The van der Waals surface area contributed by atoms with Gasteiger partial charge in [0.15, 0.2) is 0 Å². The average molecular weight is 203 g/mol. The van der Waals surface area contributed by atoms with Crippen LogP contribution in [0.1, 0.15) is 5.56 Å². The Morgan fingerprint density at radius 2 is 1.92 bits per heavy atom. The van der Waals surface area contributed by atoms with Gasteiger partial charge in [-0.1, -0.05) is 30.3 Å². The van der Waals surface area contributed by atoms with Crippen LogP contribution in [0.2, 0.25) is 0 Å². The molecule has 0 amide bonds. The fourth-order valence-corrected chi connectivity index (χ4v) is 1.23. The summed E-state index contributed by atoms with van der Waals surface area (Å²) in [5.74, 6) is 0. The lowest BCUT2D eigenvalue weighted by Crippen LogP contribution is -2.16. The van der Waals surface area contributed by atoms with Crippen LogP contribution >= 0.6 is 24.2 Å². The predicted molar refractivity (Wildman–Crippen MR) is 54.8 cm³/mol. The topological polar surface area (TPSA) is 20.2 Å². The maximum atomic E-state index is 9.01. The molecule has 0 saturated heterocycles. The summed E-state index contributed by atoms with van der Waals surface area (Å²) in [7, 11) is 0. The molecule has 0 radical (unpaired) electrons. The largest absolute Gasteiger partial charge is 0.381 e. The normalized spacial score (nSPS) is 15.6. The molecule has 0 aliphatic carbocycles. The number of benzene rings is 1. The fraction of sp³-hybridized carbons (Fsp3) is 0.333. The van der Waals surface area contributed by atoms with Crippen LogP contribution in [-0.4, -0.2) is 15.9 Å². The molecule has 0 heterocycles. The van der Waals surface area contributed by atoms with Crippen molar-refractivity contribution in [1.82, 2.24) is 0 Å². The van der Waals surface area contributed by atoms with Gasteiger partial charge in [0, 0.05) is 0 Å². The molecule has 12 heavy (non-hydrogen) atoms. The van der Waals surface area contributed by atoms with E-state index in [0.29, 0.717) is 6.42 Å². The smallest absolute Gasteiger partial charge is 0.113 e. The van der Waals surface area contributed by atoms with Gasteiger partial charge >= 0.3 is 0 Å². The molecule has 2 unspecified atom stereocenters. The monoisotopic (exact) mass is 202 g/mol. The van der Waals surface area contributed by atoms with E-state index in [1.807, 2.05) is 30.3 Å². The van der Waals surface area contributed by atoms with Crippen molar-refractivity contribution in [2.24, 2.45) is 0 Å². The highest BCUT2D eigenvalue weighted by Crippen LogP contribution is 2.13. The van der Waals surface area contributed by atoms with Crippen molar-refractivity contribution < 1.29 is 5.11 Å². The lowest BCUT2D eigenvalue weighted by molar-refractivity contribution is 0.259. The Morgan fingerprint density at radius 3 is 2.42 bits per heavy atom. The molecule has 0 aromatic heterocycles. The first-order valence-electron chi connectivity index (χ1n) is 3.74. The van der Waals surface area contributed by atoms with E-state index < -0.39 is 5.44 Å². The van der Waals surface area contributed by atoms with Crippen LogP contribution in [0.3, 0.4) is 0 Å². The molecule has 1 N–H and O–H groups in total. The number of aliphatic hydroxyl groups is 1. The van der Waals surface area contributed by atoms with Crippen LogP contribution in [0.15, 0.2) is 30.3 Å². The van der Waals surface area contributed by atoms with E-state index in [2.05, 4.69) is 12.6 Å².